The van der Waals surface area contributed by atoms with Crippen LogP contribution in [0.2, 0.25) is 0 Å². The maximum Gasteiger partial charge on any atom is 0.416 e. The van der Waals surface area contributed by atoms with Crippen LogP contribution in [-0.2, 0) is 17.6 Å². The topological polar surface area (TPSA) is 99.0 Å². The van der Waals surface area contributed by atoms with Crippen LogP contribution in [0.1, 0.15) is 15.9 Å². The van der Waals surface area contributed by atoms with Gasteiger partial charge in [0.2, 0.25) is 0 Å². The van der Waals surface area contributed by atoms with Crippen LogP contribution in [0.4, 0.5) is 24.7 Å². The largest absolute Gasteiger partial charge is 0.438 e. The molecule has 0 fully saturated rings. The molecule has 1 N–H and O–H groups in total. The number of hydrogen-bond acceptors (Lipinski definition) is 7. The second-order valence-electron chi connectivity index (χ2n) is 6.58. The van der Waals surface area contributed by atoms with Crippen molar-refractivity contribution in [3.63, 3.8) is 0 Å². The van der Waals surface area contributed by atoms with Gasteiger partial charge in [-0.05, 0) is 42.5 Å². The van der Waals surface area contributed by atoms with E-state index in [1.165, 1.54) is 30.5 Å². The molecule has 0 unspecified atom stereocenters. The number of benzene rings is 2. The lowest BCUT2D eigenvalue weighted by atomic mass is 10.2. The Bertz CT molecular complexity index is 1350. The predicted molar refractivity (Wildman–Crippen MR) is 108 cm³/mol. The summed E-state index contributed by atoms with van der Waals surface area (Å²) < 4.78 is 44.9. The quantitative estimate of drug-likeness (QED) is 0.471. The van der Waals surface area contributed by atoms with Gasteiger partial charge in [0, 0.05) is 11.9 Å². The minimum Gasteiger partial charge on any atom is -0.438 e. The molecule has 0 atom stereocenters. The first-order chi connectivity index (χ1) is 15.3. The zero-order valence-corrected chi connectivity index (χ0v) is 16.2. The number of fused-ring (bicyclic) bond motifs is 1. The van der Waals surface area contributed by atoms with Gasteiger partial charge in [-0.3, -0.25) is 4.79 Å². The third-order valence-electron chi connectivity index (χ3n) is 4.43. The summed E-state index contributed by atoms with van der Waals surface area (Å²) in [5.41, 5.74) is -0.885. The lowest BCUT2D eigenvalue weighted by molar-refractivity contribution is -0.137. The summed E-state index contributed by atoms with van der Waals surface area (Å²) in [5.74, 6) is -0.858. The standard InChI is InChI=1S/C21H14F3N5O3/c22-21(23,24)13-5-3-6-14(11-13)26-18-16(8-4-10-25-18)20(31)32-12-29-19(30)15-7-1-2-9-17(15)27-28-29/h1-11H,12H2,(H,25,26). The van der Waals surface area contributed by atoms with E-state index in [0.717, 1.165) is 16.8 Å². The molecule has 0 bridgehead atoms. The van der Waals surface area contributed by atoms with Gasteiger partial charge in [0.05, 0.1) is 10.9 Å². The molecule has 4 aromatic rings. The van der Waals surface area contributed by atoms with Crippen molar-refractivity contribution in [2.24, 2.45) is 0 Å². The van der Waals surface area contributed by atoms with Crippen molar-refractivity contribution in [2.45, 2.75) is 12.9 Å². The molecule has 0 spiro atoms. The second-order valence-corrected chi connectivity index (χ2v) is 6.58. The van der Waals surface area contributed by atoms with Crippen molar-refractivity contribution in [3.05, 3.63) is 88.3 Å². The Kier molecular flexibility index (Phi) is 5.54. The molecule has 4 rings (SSSR count). The summed E-state index contributed by atoms with van der Waals surface area (Å²) in [5, 5.41) is 10.6. The summed E-state index contributed by atoms with van der Waals surface area (Å²) in [6.45, 7) is -0.507. The van der Waals surface area contributed by atoms with Gasteiger partial charge >= 0.3 is 12.1 Å². The average Bonchev–Trinajstić information content (AvgIpc) is 2.79. The number of carbonyl (C=O) groups excluding carboxylic acids is 1. The Morgan fingerprint density at radius 3 is 2.69 bits per heavy atom. The van der Waals surface area contributed by atoms with Gasteiger partial charge < -0.3 is 10.1 Å². The van der Waals surface area contributed by atoms with Crippen LogP contribution in [0.15, 0.2) is 71.7 Å². The van der Waals surface area contributed by atoms with Crippen molar-refractivity contribution >= 4 is 28.4 Å². The second kappa shape index (κ2) is 8.46. The van der Waals surface area contributed by atoms with E-state index in [0.29, 0.717) is 10.9 Å². The van der Waals surface area contributed by atoms with E-state index in [2.05, 4.69) is 20.6 Å². The minimum atomic E-state index is -4.52. The van der Waals surface area contributed by atoms with Gasteiger partial charge in [0.1, 0.15) is 16.9 Å². The van der Waals surface area contributed by atoms with Crippen LogP contribution in [0.3, 0.4) is 0 Å². The van der Waals surface area contributed by atoms with E-state index in [1.54, 1.807) is 24.3 Å². The highest BCUT2D eigenvalue weighted by molar-refractivity contribution is 5.95. The SMILES string of the molecule is O=C(OCn1nnc2ccccc2c1=O)c1cccnc1Nc1cccc(C(F)(F)F)c1. The first kappa shape index (κ1) is 21.0. The van der Waals surface area contributed by atoms with Crippen molar-refractivity contribution in [1.82, 2.24) is 20.0 Å². The highest BCUT2D eigenvalue weighted by Crippen LogP contribution is 2.31. The molecule has 2 aromatic heterocycles. The van der Waals surface area contributed by atoms with E-state index in [4.69, 9.17) is 4.74 Å². The molecule has 0 saturated carbocycles. The summed E-state index contributed by atoms with van der Waals surface area (Å²) >= 11 is 0. The van der Waals surface area contributed by atoms with Crippen LogP contribution < -0.4 is 10.9 Å². The van der Waals surface area contributed by atoms with Crippen LogP contribution in [0, 0.1) is 0 Å². The Balaban J connectivity index is 1.54. The molecule has 32 heavy (non-hydrogen) atoms. The lowest BCUT2D eigenvalue weighted by Gasteiger charge is -2.13. The van der Waals surface area contributed by atoms with Gasteiger partial charge in [0.25, 0.3) is 5.56 Å². The fraction of sp³-hybridized carbons (Fsp3) is 0.0952. The molecule has 8 nitrogen and oxygen atoms in total. The number of esters is 1. The van der Waals surface area contributed by atoms with E-state index in [9.17, 15) is 22.8 Å². The third kappa shape index (κ3) is 4.41. The van der Waals surface area contributed by atoms with Crippen molar-refractivity contribution in [2.75, 3.05) is 5.32 Å². The number of halogens is 3. The molecule has 0 amide bonds. The first-order valence-electron chi connectivity index (χ1n) is 9.22. The van der Waals surface area contributed by atoms with Crippen LogP contribution in [-0.4, -0.2) is 25.9 Å². The van der Waals surface area contributed by atoms with E-state index >= 15 is 0 Å². The fourth-order valence-corrected chi connectivity index (χ4v) is 2.89. The number of aromatic nitrogens is 4. The monoisotopic (exact) mass is 441 g/mol. The predicted octanol–water partition coefficient (Wildman–Crippen LogP) is 3.76. The van der Waals surface area contributed by atoms with Crippen molar-refractivity contribution in [1.29, 1.82) is 0 Å². The molecule has 0 aliphatic carbocycles. The number of hydrogen-bond donors (Lipinski definition) is 1. The van der Waals surface area contributed by atoms with Crippen LogP contribution >= 0.6 is 0 Å². The number of carbonyl (C=O) groups is 1. The summed E-state index contributed by atoms with van der Waals surface area (Å²) in [6, 6.07) is 13.9. The Labute approximate surface area is 178 Å². The van der Waals surface area contributed by atoms with E-state index < -0.39 is 30.0 Å². The number of ether oxygens (including phenoxy) is 1. The van der Waals surface area contributed by atoms with Gasteiger partial charge in [-0.1, -0.05) is 23.4 Å². The van der Waals surface area contributed by atoms with Crippen LogP contribution in [0.5, 0.6) is 0 Å². The van der Waals surface area contributed by atoms with Gasteiger partial charge in [-0.25, -0.2) is 9.78 Å². The Morgan fingerprint density at radius 1 is 1.06 bits per heavy atom. The van der Waals surface area contributed by atoms with Gasteiger partial charge in [-0.2, -0.15) is 17.9 Å². The number of rotatable bonds is 5. The maximum atomic E-state index is 12.9. The smallest absolute Gasteiger partial charge is 0.416 e. The normalized spacial score (nSPS) is 11.3. The average molecular weight is 441 g/mol. The maximum absolute atomic E-state index is 12.9. The molecule has 0 aliphatic heterocycles. The molecule has 2 heterocycles. The zero-order valence-electron chi connectivity index (χ0n) is 16.2. The van der Waals surface area contributed by atoms with Gasteiger partial charge in [-0.15, -0.1) is 5.10 Å². The third-order valence-corrected chi connectivity index (χ3v) is 4.43. The van der Waals surface area contributed by atoms with Gasteiger partial charge in [0.15, 0.2) is 6.73 Å². The van der Waals surface area contributed by atoms with Crippen molar-refractivity contribution < 1.29 is 22.7 Å². The zero-order chi connectivity index (χ0) is 22.7. The van der Waals surface area contributed by atoms with Crippen LogP contribution in [0.25, 0.3) is 10.9 Å². The molecule has 2 aromatic carbocycles. The lowest BCUT2D eigenvalue weighted by Crippen LogP contribution is -2.26. The molecular formula is C21H14F3N5O3. The molecule has 11 heteroatoms. The number of pyridine rings is 1. The number of anilines is 2. The number of nitrogens with one attached hydrogen (secondary N) is 1. The number of alkyl halides is 3. The summed E-state index contributed by atoms with van der Waals surface area (Å²) in [4.78, 5) is 29.0. The highest BCUT2D eigenvalue weighted by atomic mass is 19.4. The molecule has 0 aliphatic rings. The molecule has 162 valence electrons. The van der Waals surface area contributed by atoms with Crippen molar-refractivity contribution in [3.8, 4) is 0 Å². The van der Waals surface area contributed by atoms with E-state index in [1.807, 2.05) is 0 Å². The molecule has 0 radical (unpaired) electrons. The Hall–Kier alpha value is -4.28. The Morgan fingerprint density at radius 2 is 1.88 bits per heavy atom. The number of nitrogens with zero attached hydrogens (tertiary/aromatic N) is 4. The summed E-state index contributed by atoms with van der Waals surface area (Å²) in [7, 11) is 0. The summed E-state index contributed by atoms with van der Waals surface area (Å²) in [6.07, 6.45) is -3.15. The molecular weight excluding hydrogens is 427 g/mol. The molecule has 0 saturated heterocycles. The van der Waals surface area contributed by atoms with E-state index in [-0.39, 0.29) is 17.1 Å². The first-order valence-corrected chi connectivity index (χ1v) is 9.22. The minimum absolute atomic E-state index is 0.00577. The highest BCUT2D eigenvalue weighted by Gasteiger charge is 2.30. The fourth-order valence-electron chi connectivity index (χ4n) is 2.89.